The van der Waals surface area contributed by atoms with Crippen LogP contribution >= 0.6 is 0 Å². The first-order valence-corrected chi connectivity index (χ1v) is 6.07. The van der Waals surface area contributed by atoms with Gasteiger partial charge in [-0.3, -0.25) is 9.59 Å². The Hall–Kier alpha value is -1.91. The number of esters is 1. The van der Waals surface area contributed by atoms with Gasteiger partial charge in [0.05, 0.1) is 7.11 Å². The van der Waals surface area contributed by atoms with Crippen molar-refractivity contribution in [3.8, 4) is 0 Å². The van der Waals surface area contributed by atoms with Gasteiger partial charge >= 0.3 is 5.97 Å². The monoisotopic (exact) mass is 267 g/mol. The molecule has 0 bridgehead atoms. The summed E-state index contributed by atoms with van der Waals surface area (Å²) in [6.45, 7) is 3.03. The summed E-state index contributed by atoms with van der Waals surface area (Å²) < 4.78 is 18.0. The Bertz CT molecular complexity index is 486. The predicted octanol–water partition coefficient (Wildman–Crippen LogP) is 2.59. The molecule has 1 aromatic rings. The fourth-order valence-corrected chi connectivity index (χ4v) is 1.78. The number of benzene rings is 1. The first-order chi connectivity index (χ1) is 8.93. The van der Waals surface area contributed by atoms with Crippen LogP contribution in [0.3, 0.4) is 0 Å². The number of halogens is 1. The van der Waals surface area contributed by atoms with Crippen molar-refractivity contribution >= 4 is 17.6 Å². The van der Waals surface area contributed by atoms with Crippen LogP contribution in [0.2, 0.25) is 0 Å². The lowest BCUT2D eigenvalue weighted by Gasteiger charge is -2.11. The van der Waals surface area contributed by atoms with Crippen LogP contribution < -0.4 is 5.32 Å². The van der Waals surface area contributed by atoms with Gasteiger partial charge in [-0.2, -0.15) is 0 Å². The molecule has 5 heteroatoms. The van der Waals surface area contributed by atoms with Crippen LogP contribution in [0.25, 0.3) is 0 Å². The molecule has 19 heavy (non-hydrogen) atoms. The lowest BCUT2D eigenvalue weighted by Crippen LogP contribution is -2.09. The van der Waals surface area contributed by atoms with E-state index >= 15 is 0 Å². The summed E-state index contributed by atoms with van der Waals surface area (Å²) in [4.78, 5) is 22.1. The lowest BCUT2D eigenvalue weighted by molar-refractivity contribution is -0.140. The molecule has 0 spiro atoms. The highest BCUT2D eigenvalue weighted by molar-refractivity contribution is 5.89. The third-order valence-electron chi connectivity index (χ3n) is 2.75. The predicted molar refractivity (Wildman–Crippen MR) is 70.4 cm³/mol. The van der Waals surface area contributed by atoms with E-state index in [0.29, 0.717) is 30.5 Å². The number of carbonyl (C=O) groups is 2. The second-order valence-corrected chi connectivity index (χ2v) is 4.37. The Morgan fingerprint density at radius 3 is 2.63 bits per heavy atom. The Balaban J connectivity index is 2.82. The number of ether oxygens (including phenoxy) is 1. The van der Waals surface area contributed by atoms with Gasteiger partial charge in [0.1, 0.15) is 5.82 Å². The van der Waals surface area contributed by atoms with E-state index in [0.717, 1.165) is 5.56 Å². The van der Waals surface area contributed by atoms with Gasteiger partial charge in [-0.25, -0.2) is 4.39 Å². The second kappa shape index (κ2) is 6.87. The largest absolute Gasteiger partial charge is 0.469 e. The van der Waals surface area contributed by atoms with Crippen LogP contribution in [0.4, 0.5) is 10.1 Å². The van der Waals surface area contributed by atoms with E-state index in [-0.39, 0.29) is 17.7 Å². The molecule has 0 fully saturated rings. The third kappa shape index (κ3) is 4.69. The smallest absolute Gasteiger partial charge is 0.305 e. The van der Waals surface area contributed by atoms with Gasteiger partial charge in [0.15, 0.2) is 0 Å². The Kier molecular flexibility index (Phi) is 5.48. The zero-order valence-electron chi connectivity index (χ0n) is 11.4. The van der Waals surface area contributed by atoms with E-state index in [1.165, 1.54) is 20.1 Å². The maximum atomic E-state index is 13.5. The van der Waals surface area contributed by atoms with Crippen molar-refractivity contribution in [2.24, 2.45) is 0 Å². The normalized spacial score (nSPS) is 10.1. The third-order valence-corrected chi connectivity index (χ3v) is 2.75. The topological polar surface area (TPSA) is 55.4 Å². The molecular formula is C14H18FNO3. The Morgan fingerprint density at radius 1 is 1.37 bits per heavy atom. The van der Waals surface area contributed by atoms with Gasteiger partial charge in [0, 0.05) is 19.0 Å². The SMILES string of the molecule is COC(=O)CCCc1cc(C)c(F)cc1NC(C)=O. The minimum absolute atomic E-state index is 0.252. The highest BCUT2D eigenvalue weighted by Crippen LogP contribution is 2.22. The minimum Gasteiger partial charge on any atom is -0.469 e. The number of carbonyl (C=O) groups excluding carboxylic acids is 2. The van der Waals surface area contributed by atoms with Crippen molar-refractivity contribution in [1.29, 1.82) is 0 Å². The molecule has 1 N–H and O–H groups in total. The van der Waals surface area contributed by atoms with Gasteiger partial charge < -0.3 is 10.1 Å². The molecule has 1 amide bonds. The van der Waals surface area contributed by atoms with Crippen molar-refractivity contribution in [2.75, 3.05) is 12.4 Å². The van der Waals surface area contributed by atoms with E-state index in [1.54, 1.807) is 13.0 Å². The summed E-state index contributed by atoms with van der Waals surface area (Å²) in [5.41, 5.74) is 1.79. The van der Waals surface area contributed by atoms with Gasteiger partial charge in [-0.1, -0.05) is 6.07 Å². The molecule has 0 aromatic heterocycles. The number of amides is 1. The second-order valence-electron chi connectivity index (χ2n) is 4.37. The van der Waals surface area contributed by atoms with Crippen LogP contribution in [0.1, 0.15) is 30.9 Å². The summed E-state index contributed by atoms with van der Waals surface area (Å²) in [5, 5.41) is 2.60. The molecule has 0 heterocycles. The van der Waals surface area contributed by atoms with E-state index < -0.39 is 0 Å². The molecule has 4 nitrogen and oxygen atoms in total. The summed E-state index contributed by atoms with van der Waals surface area (Å²) in [7, 11) is 1.34. The maximum Gasteiger partial charge on any atom is 0.305 e. The molecule has 0 saturated carbocycles. The number of hydrogen-bond acceptors (Lipinski definition) is 3. The Morgan fingerprint density at radius 2 is 2.05 bits per heavy atom. The molecule has 1 aromatic carbocycles. The zero-order chi connectivity index (χ0) is 14.4. The van der Waals surface area contributed by atoms with Crippen LogP contribution in [0.15, 0.2) is 12.1 Å². The summed E-state index contributed by atoms with van der Waals surface area (Å²) in [5.74, 6) is -0.891. The van der Waals surface area contributed by atoms with Crippen molar-refractivity contribution in [1.82, 2.24) is 0 Å². The Labute approximate surface area is 112 Å². The average Bonchev–Trinajstić information content (AvgIpc) is 2.34. The molecule has 0 unspecified atom stereocenters. The minimum atomic E-state index is -0.361. The van der Waals surface area contributed by atoms with Gasteiger partial charge in [-0.05, 0) is 37.0 Å². The molecule has 0 atom stereocenters. The fraction of sp³-hybridized carbons (Fsp3) is 0.429. The molecule has 1 rings (SSSR count). The van der Waals surface area contributed by atoms with Crippen LogP contribution in [-0.2, 0) is 20.7 Å². The number of methoxy groups -OCH3 is 1. The van der Waals surface area contributed by atoms with Gasteiger partial charge in [-0.15, -0.1) is 0 Å². The average molecular weight is 267 g/mol. The first kappa shape index (κ1) is 15.1. The van der Waals surface area contributed by atoms with E-state index in [1.807, 2.05) is 0 Å². The lowest BCUT2D eigenvalue weighted by atomic mass is 10.0. The molecular weight excluding hydrogens is 249 g/mol. The van der Waals surface area contributed by atoms with E-state index in [4.69, 9.17) is 0 Å². The van der Waals surface area contributed by atoms with Crippen molar-refractivity contribution < 1.29 is 18.7 Å². The van der Waals surface area contributed by atoms with Crippen LogP contribution in [-0.4, -0.2) is 19.0 Å². The molecule has 0 aliphatic heterocycles. The quantitative estimate of drug-likeness (QED) is 0.834. The summed E-state index contributed by atoms with van der Waals surface area (Å²) in [6, 6.07) is 3.00. The first-order valence-electron chi connectivity index (χ1n) is 6.07. The standard InChI is InChI=1S/C14H18FNO3/c1-9-7-11(5-4-6-14(18)19-3)13(8-12(9)15)16-10(2)17/h7-8H,4-6H2,1-3H3,(H,16,17). The number of anilines is 1. The number of rotatable bonds is 5. The fourth-order valence-electron chi connectivity index (χ4n) is 1.78. The van der Waals surface area contributed by atoms with Gasteiger partial charge in [0.25, 0.3) is 0 Å². The van der Waals surface area contributed by atoms with Crippen LogP contribution in [0, 0.1) is 12.7 Å². The van der Waals surface area contributed by atoms with Crippen LogP contribution in [0.5, 0.6) is 0 Å². The molecule has 0 aliphatic rings. The molecule has 0 radical (unpaired) electrons. The molecule has 0 aliphatic carbocycles. The number of hydrogen-bond donors (Lipinski definition) is 1. The molecule has 0 saturated heterocycles. The highest BCUT2D eigenvalue weighted by atomic mass is 19.1. The highest BCUT2D eigenvalue weighted by Gasteiger charge is 2.09. The summed E-state index contributed by atoms with van der Waals surface area (Å²) >= 11 is 0. The maximum absolute atomic E-state index is 13.5. The van der Waals surface area contributed by atoms with Crippen molar-refractivity contribution in [3.63, 3.8) is 0 Å². The molecule has 104 valence electrons. The zero-order valence-corrected chi connectivity index (χ0v) is 11.4. The number of aryl methyl sites for hydroxylation is 2. The summed E-state index contributed by atoms with van der Waals surface area (Å²) in [6.07, 6.45) is 1.46. The van der Waals surface area contributed by atoms with Crippen molar-refractivity contribution in [3.05, 3.63) is 29.1 Å². The van der Waals surface area contributed by atoms with Gasteiger partial charge in [0.2, 0.25) is 5.91 Å². The van der Waals surface area contributed by atoms with Crippen molar-refractivity contribution in [2.45, 2.75) is 33.1 Å². The van der Waals surface area contributed by atoms with E-state index in [2.05, 4.69) is 10.1 Å². The van der Waals surface area contributed by atoms with E-state index in [9.17, 15) is 14.0 Å². The number of nitrogens with one attached hydrogen (secondary N) is 1.